The first-order valence-corrected chi connectivity index (χ1v) is 10.3. The van der Waals surface area contributed by atoms with Gasteiger partial charge in [0.2, 0.25) is 0 Å². The third kappa shape index (κ3) is 4.37. The van der Waals surface area contributed by atoms with Crippen molar-refractivity contribution in [1.82, 2.24) is 15.1 Å². The van der Waals surface area contributed by atoms with Crippen molar-refractivity contribution < 1.29 is 4.79 Å². The van der Waals surface area contributed by atoms with Crippen LogP contribution >= 0.6 is 11.3 Å². The van der Waals surface area contributed by atoms with E-state index in [-0.39, 0.29) is 5.57 Å². The fourth-order valence-corrected chi connectivity index (χ4v) is 3.72. The molecule has 0 aliphatic heterocycles. The third-order valence-corrected chi connectivity index (χ3v) is 5.36. The summed E-state index contributed by atoms with van der Waals surface area (Å²) in [5.74, 6) is -0.411. The van der Waals surface area contributed by atoms with Crippen molar-refractivity contribution in [3.8, 4) is 22.3 Å². The van der Waals surface area contributed by atoms with E-state index >= 15 is 0 Å². The van der Waals surface area contributed by atoms with Crippen molar-refractivity contribution >= 4 is 23.3 Å². The monoisotopic (exact) mass is 410 g/mol. The van der Waals surface area contributed by atoms with Crippen LogP contribution in [0.25, 0.3) is 22.3 Å². The molecule has 0 bridgehead atoms. The van der Waals surface area contributed by atoms with E-state index in [9.17, 15) is 10.1 Å². The summed E-state index contributed by atoms with van der Waals surface area (Å²) in [6.07, 6.45) is 3.44. The van der Waals surface area contributed by atoms with Gasteiger partial charge >= 0.3 is 0 Å². The van der Waals surface area contributed by atoms with Crippen LogP contribution in [0.4, 0.5) is 0 Å². The summed E-state index contributed by atoms with van der Waals surface area (Å²) in [7, 11) is 0. The highest BCUT2D eigenvalue weighted by molar-refractivity contribution is 7.13. The topological polar surface area (TPSA) is 70.7 Å². The summed E-state index contributed by atoms with van der Waals surface area (Å²) in [6.45, 7) is 0.361. The number of nitrogens with one attached hydrogen (secondary N) is 1. The summed E-state index contributed by atoms with van der Waals surface area (Å²) in [5.41, 5.74) is 3.36. The zero-order chi connectivity index (χ0) is 20.8. The van der Waals surface area contributed by atoms with Gasteiger partial charge in [-0.05, 0) is 35.2 Å². The van der Waals surface area contributed by atoms with Gasteiger partial charge in [-0.1, -0.05) is 54.6 Å². The predicted molar refractivity (Wildman–Crippen MR) is 119 cm³/mol. The van der Waals surface area contributed by atoms with Crippen molar-refractivity contribution in [1.29, 1.82) is 5.26 Å². The van der Waals surface area contributed by atoms with E-state index in [0.29, 0.717) is 12.1 Å². The van der Waals surface area contributed by atoms with Crippen LogP contribution < -0.4 is 5.32 Å². The van der Waals surface area contributed by atoms with Crippen LogP contribution in [0.3, 0.4) is 0 Å². The highest BCUT2D eigenvalue weighted by Crippen LogP contribution is 2.29. The van der Waals surface area contributed by atoms with Crippen LogP contribution in [-0.2, 0) is 11.3 Å². The van der Waals surface area contributed by atoms with Crippen molar-refractivity contribution in [2.75, 3.05) is 0 Å². The van der Waals surface area contributed by atoms with Gasteiger partial charge < -0.3 is 5.32 Å². The van der Waals surface area contributed by atoms with Crippen molar-refractivity contribution in [3.05, 3.63) is 101 Å². The molecule has 0 spiro atoms. The molecule has 4 aromatic rings. The second-order valence-corrected chi connectivity index (χ2v) is 7.48. The lowest BCUT2D eigenvalue weighted by Gasteiger charge is -2.04. The normalized spacial score (nSPS) is 11.1. The molecule has 146 valence electrons. The van der Waals surface area contributed by atoms with E-state index in [0.717, 1.165) is 21.8 Å². The first-order chi connectivity index (χ1) is 14.7. The van der Waals surface area contributed by atoms with Gasteiger partial charge in [0.25, 0.3) is 5.91 Å². The number of amides is 1. The smallest absolute Gasteiger partial charge is 0.262 e. The van der Waals surface area contributed by atoms with Gasteiger partial charge in [-0.3, -0.25) is 4.79 Å². The maximum absolute atomic E-state index is 12.6. The molecule has 1 amide bonds. The number of rotatable bonds is 6. The van der Waals surface area contributed by atoms with E-state index < -0.39 is 5.91 Å². The van der Waals surface area contributed by atoms with Crippen LogP contribution in [0.5, 0.6) is 0 Å². The molecular formula is C24H18N4OS. The second kappa shape index (κ2) is 9.03. The first kappa shape index (κ1) is 19.4. The Labute approximate surface area is 178 Å². The quantitative estimate of drug-likeness (QED) is 0.366. The van der Waals surface area contributed by atoms with Crippen molar-refractivity contribution in [2.45, 2.75) is 6.54 Å². The van der Waals surface area contributed by atoms with E-state index in [1.54, 1.807) is 22.1 Å². The Morgan fingerprint density at radius 2 is 1.80 bits per heavy atom. The number of hydrogen-bond acceptors (Lipinski definition) is 4. The van der Waals surface area contributed by atoms with E-state index in [1.165, 1.54) is 0 Å². The van der Waals surface area contributed by atoms with Gasteiger partial charge in [0.1, 0.15) is 17.3 Å². The van der Waals surface area contributed by atoms with Crippen molar-refractivity contribution in [2.24, 2.45) is 0 Å². The van der Waals surface area contributed by atoms with E-state index in [2.05, 4.69) is 5.32 Å². The summed E-state index contributed by atoms with van der Waals surface area (Å²) in [6, 6.07) is 25.3. The molecule has 2 aromatic carbocycles. The summed E-state index contributed by atoms with van der Waals surface area (Å²) < 4.78 is 1.76. The number of benzene rings is 2. The molecule has 0 saturated heterocycles. The number of nitrogens with zero attached hydrogens (tertiary/aromatic N) is 3. The number of nitriles is 1. The molecule has 4 rings (SSSR count). The Morgan fingerprint density at radius 3 is 2.47 bits per heavy atom. The summed E-state index contributed by atoms with van der Waals surface area (Å²) in [4.78, 5) is 13.6. The molecule has 0 saturated carbocycles. The lowest BCUT2D eigenvalue weighted by Crippen LogP contribution is -2.23. The highest BCUT2D eigenvalue weighted by atomic mass is 32.1. The van der Waals surface area contributed by atoms with Gasteiger partial charge in [-0.25, -0.2) is 4.68 Å². The number of aromatic nitrogens is 2. The Morgan fingerprint density at radius 1 is 1.07 bits per heavy atom. The van der Waals surface area contributed by atoms with Gasteiger partial charge in [0.15, 0.2) is 0 Å². The molecule has 0 aliphatic rings. The number of carbonyl (C=O) groups is 1. The standard InChI is InChI=1S/C24H18N4OS/c25-15-19(24(29)26-16-18-8-3-1-4-9-18)14-20-17-28(21-10-5-2-6-11-21)27-23(20)22-12-7-13-30-22/h1-14,17H,16H2,(H,26,29)/b19-14-. The van der Waals surface area contributed by atoms with Gasteiger partial charge in [-0.15, -0.1) is 11.3 Å². The molecule has 0 aliphatic carbocycles. The predicted octanol–water partition coefficient (Wildman–Crippen LogP) is 4.82. The summed E-state index contributed by atoms with van der Waals surface area (Å²) >= 11 is 1.56. The largest absolute Gasteiger partial charge is 0.347 e. The SMILES string of the molecule is N#C/C(=C/c1cn(-c2ccccc2)nc1-c1cccs1)C(=O)NCc1ccccc1. The maximum Gasteiger partial charge on any atom is 0.262 e. The number of thiophene rings is 1. The molecule has 0 atom stereocenters. The molecule has 1 N–H and O–H groups in total. The maximum atomic E-state index is 12.6. The zero-order valence-corrected chi connectivity index (χ0v) is 16.8. The molecule has 30 heavy (non-hydrogen) atoms. The second-order valence-electron chi connectivity index (χ2n) is 6.53. The lowest BCUT2D eigenvalue weighted by atomic mass is 10.1. The summed E-state index contributed by atoms with van der Waals surface area (Å²) in [5, 5.41) is 19.1. The van der Waals surface area contributed by atoms with Crippen LogP contribution in [-0.4, -0.2) is 15.7 Å². The Kier molecular flexibility index (Phi) is 5.83. The minimum atomic E-state index is -0.411. The molecular weight excluding hydrogens is 392 g/mol. The number of carbonyl (C=O) groups excluding carboxylic acids is 1. The van der Waals surface area contributed by atoms with Crippen LogP contribution in [0, 0.1) is 11.3 Å². The average molecular weight is 411 g/mol. The fraction of sp³-hybridized carbons (Fsp3) is 0.0417. The van der Waals surface area contributed by atoms with Crippen LogP contribution in [0.15, 0.2) is 89.9 Å². The minimum Gasteiger partial charge on any atom is -0.347 e. The highest BCUT2D eigenvalue weighted by Gasteiger charge is 2.15. The molecule has 0 fully saturated rings. The molecule has 6 heteroatoms. The van der Waals surface area contributed by atoms with Crippen molar-refractivity contribution in [3.63, 3.8) is 0 Å². The first-order valence-electron chi connectivity index (χ1n) is 9.37. The minimum absolute atomic E-state index is 0.0383. The number of para-hydroxylation sites is 1. The molecule has 0 radical (unpaired) electrons. The van der Waals surface area contributed by atoms with Gasteiger partial charge in [0, 0.05) is 18.3 Å². The van der Waals surface area contributed by atoms with E-state index in [1.807, 2.05) is 90.4 Å². The van der Waals surface area contributed by atoms with Crippen LogP contribution in [0.1, 0.15) is 11.1 Å². The van der Waals surface area contributed by atoms with E-state index in [4.69, 9.17) is 5.10 Å². The fourth-order valence-electron chi connectivity index (χ4n) is 2.99. The zero-order valence-electron chi connectivity index (χ0n) is 16.0. The van der Waals surface area contributed by atoms with Gasteiger partial charge in [0.05, 0.1) is 10.6 Å². The molecule has 5 nitrogen and oxygen atoms in total. The Hall–Kier alpha value is -3.95. The molecule has 2 aromatic heterocycles. The Balaban J connectivity index is 1.65. The molecule has 0 unspecified atom stereocenters. The Bertz CT molecular complexity index is 1200. The third-order valence-electron chi connectivity index (χ3n) is 4.48. The van der Waals surface area contributed by atoms with Crippen LogP contribution in [0.2, 0.25) is 0 Å². The molecule has 2 heterocycles. The lowest BCUT2D eigenvalue weighted by molar-refractivity contribution is -0.117. The average Bonchev–Trinajstić information content (AvgIpc) is 3.47. The van der Waals surface area contributed by atoms with Gasteiger partial charge in [-0.2, -0.15) is 10.4 Å². The number of hydrogen-bond donors (Lipinski definition) is 1.